The number of nitrogens with zero attached hydrogens (tertiary/aromatic N) is 3. The second kappa shape index (κ2) is 7.68. The fourth-order valence-electron chi connectivity index (χ4n) is 2.85. The van der Waals surface area contributed by atoms with Gasteiger partial charge >= 0.3 is 0 Å². The molecule has 0 aliphatic carbocycles. The molecule has 24 heavy (non-hydrogen) atoms. The standard InChI is InChI=1S/C18H20N4O2/c23-17(15-3-8-19-9-4-15)21-12-14-5-10-22(11-6-14)18(24)16-2-1-7-20-13-16/h1-4,7-9,13-14H,5-6,10-12H2,(H,21,23). The average molecular weight is 324 g/mol. The second-order valence-electron chi connectivity index (χ2n) is 5.92. The normalized spacial score (nSPS) is 15.1. The maximum absolute atomic E-state index is 12.4. The Morgan fingerprint density at radius 2 is 1.79 bits per heavy atom. The summed E-state index contributed by atoms with van der Waals surface area (Å²) < 4.78 is 0. The number of carbonyl (C=O) groups is 2. The smallest absolute Gasteiger partial charge is 0.255 e. The van der Waals surface area contributed by atoms with Crippen molar-refractivity contribution in [2.45, 2.75) is 12.8 Å². The van der Waals surface area contributed by atoms with Crippen molar-refractivity contribution < 1.29 is 9.59 Å². The molecule has 0 unspecified atom stereocenters. The fraction of sp³-hybridized carbons (Fsp3) is 0.333. The molecular formula is C18H20N4O2. The van der Waals surface area contributed by atoms with Crippen molar-refractivity contribution in [2.75, 3.05) is 19.6 Å². The van der Waals surface area contributed by atoms with E-state index in [-0.39, 0.29) is 11.8 Å². The van der Waals surface area contributed by atoms with E-state index in [9.17, 15) is 9.59 Å². The number of rotatable bonds is 4. The molecule has 6 heteroatoms. The van der Waals surface area contributed by atoms with Gasteiger partial charge in [0.15, 0.2) is 0 Å². The van der Waals surface area contributed by atoms with Gasteiger partial charge in [0.05, 0.1) is 5.56 Å². The summed E-state index contributed by atoms with van der Waals surface area (Å²) in [7, 11) is 0. The zero-order valence-electron chi connectivity index (χ0n) is 13.4. The van der Waals surface area contributed by atoms with E-state index in [1.165, 1.54) is 0 Å². The molecule has 124 valence electrons. The van der Waals surface area contributed by atoms with Crippen LogP contribution in [0.4, 0.5) is 0 Å². The van der Waals surface area contributed by atoms with Gasteiger partial charge in [0.25, 0.3) is 11.8 Å². The topological polar surface area (TPSA) is 75.2 Å². The van der Waals surface area contributed by atoms with Crippen molar-refractivity contribution >= 4 is 11.8 Å². The molecule has 0 radical (unpaired) electrons. The second-order valence-corrected chi connectivity index (χ2v) is 5.92. The lowest BCUT2D eigenvalue weighted by Gasteiger charge is -2.32. The molecule has 0 spiro atoms. The van der Waals surface area contributed by atoms with Crippen LogP contribution in [0, 0.1) is 5.92 Å². The van der Waals surface area contributed by atoms with Crippen LogP contribution in [0.3, 0.4) is 0 Å². The number of likely N-dealkylation sites (tertiary alicyclic amines) is 1. The van der Waals surface area contributed by atoms with Crippen molar-refractivity contribution in [3.63, 3.8) is 0 Å². The largest absolute Gasteiger partial charge is 0.352 e. The van der Waals surface area contributed by atoms with Crippen molar-refractivity contribution in [1.82, 2.24) is 20.2 Å². The minimum Gasteiger partial charge on any atom is -0.352 e. The quantitative estimate of drug-likeness (QED) is 0.930. The Balaban J connectivity index is 1.46. The highest BCUT2D eigenvalue weighted by Gasteiger charge is 2.24. The summed E-state index contributed by atoms with van der Waals surface area (Å²) in [5.41, 5.74) is 1.25. The van der Waals surface area contributed by atoms with Crippen molar-refractivity contribution in [1.29, 1.82) is 0 Å². The first-order valence-electron chi connectivity index (χ1n) is 8.11. The van der Waals surface area contributed by atoms with Crippen LogP contribution in [0.1, 0.15) is 33.6 Å². The lowest BCUT2D eigenvalue weighted by atomic mass is 9.96. The third-order valence-corrected chi connectivity index (χ3v) is 4.30. The van der Waals surface area contributed by atoms with Crippen LogP contribution in [-0.2, 0) is 0 Å². The lowest BCUT2D eigenvalue weighted by Crippen LogP contribution is -2.41. The van der Waals surface area contributed by atoms with Gasteiger partial charge in [-0.3, -0.25) is 19.6 Å². The van der Waals surface area contributed by atoms with Crippen LogP contribution in [0.25, 0.3) is 0 Å². The minimum atomic E-state index is -0.0775. The zero-order valence-corrected chi connectivity index (χ0v) is 13.4. The number of hydrogen-bond donors (Lipinski definition) is 1. The molecule has 1 fully saturated rings. The number of carbonyl (C=O) groups excluding carboxylic acids is 2. The van der Waals surface area contributed by atoms with E-state index in [1.54, 1.807) is 49.1 Å². The monoisotopic (exact) mass is 324 g/mol. The Kier molecular flexibility index (Phi) is 5.15. The van der Waals surface area contributed by atoms with Crippen molar-refractivity contribution in [3.8, 4) is 0 Å². The zero-order chi connectivity index (χ0) is 16.8. The van der Waals surface area contributed by atoms with Crippen molar-refractivity contribution in [3.05, 3.63) is 60.2 Å². The number of piperidine rings is 1. The highest BCUT2D eigenvalue weighted by Crippen LogP contribution is 2.18. The average Bonchev–Trinajstić information content (AvgIpc) is 2.67. The first-order chi connectivity index (χ1) is 11.7. The highest BCUT2D eigenvalue weighted by atomic mass is 16.2. The number of amides is 2. The van der Waals surface area contributed by atoms with Gasteiger partial charge in [-0.2, -0.15) is 0 Å². The molecule has 0 bridgehead atoms. The number of nitrogens with one attached hydrogen (secondary N) is 1. The Hall–Kier alpha value is -2.76. The molecule has 2 aromatic rings. The maximum atomic E-state index is 12.4. The molecule has 1 N–H and O–H groups in total. The van der Waals surface area contributed by atoms with Crippen LogP contribution < -0.4 is 5.32 Å². The molecule has 0 saturated carbocycles. The molecule has 3 rings (SSSR count). The Morgan fingerprint density at radius 3 is 2.46 bits per heavy atom. The van der Waals surface area contributed by atoms with Gasteiger partial charge in [0.2, 0.25) is 0 Å². The molecule has 6 nitrogen and oxygen atoms in total. The van der Waals surface area contributed by atoms with Crippen LogP contribution >= 0.6 is 0 Å². The highest BCUT2D eigenvalue weighted by molar-refractivity contribution is 5.94. The molecule has 2 amide bonds. The molecular weight excluding hydrogens is 304 g/mol. The number of aromatic nitrogens is 2. The summed E-state index contributed by atoms with van der Waals surface area (Å²) >= 11 is 0. The van der Waals surface area contributed by atoms with Gasteiger partial charge in [0.1, 0.15) is 0 Å². The van der Waals surface area contributed by atoms with Gasteiger partial charge in [-0.25, -0.2) is 0 Å². The summed E-state index contributed by atoms with van der Waals surface area (Å²) in [5, 5.41) is 2.96. The molecule has 1 aliphatic rings. The van der Waals surface area contributed by atoms with Crippen LogP contribution in [-0.4, -0.2) is 46.3 Å². The van der Waals surface area contributed by atoms with Crippen LogP contribution in [0.5, 0.6) is 0 Å². The van der Waals surface area contributed by atoms with E-state index in [4.69, 9.17) is 0 Å². The SMILES string of the molecule is O=C(NCC1CCN(C(=O)c2cccnc2)CC1)c1ccncc1. The number of hydrogen-bond acceptors (Lipinski definition) is 4. The molecule has 3 heterocycles. The molecule has 1 aliphatic heterocycles. The Labute approximate surface area is 140 Å². The van der Waals surface area contributed by atoms with E-state index in [2.05, 4.69) is 15.3 Å². The molecule has 1 saturated heterocycles. The van der Waals surface area contributed by atoms with Crippen LogP contribution in [0.15, 0.2) is 49.1 Å². The fourth-order valence-corrected chi connectivity index (χ4v) is 2.85. The number of pyridine rings is 2. The van der Waals surface area contributed by atoms with Gasteiger partial charge < -0.3 is 10.2 Å². The van der Waals surface area contributed by atoms with Crippen LogP contribution in [0.2, 0.25) is 0 Å². The lowest BCUT2D eigenvalue weighted by molar-refractivity contribution is 0.0684. The van der Waals surface area contributed by atoms with Crippen molar-refractivity contribution in [2.24, 2.45) is 5.92 Å². The Morgan fingerprint density at radius 1 is 1.04 bits per heavy atom. The minimum absolute atomic E-state index is 0.0300. The summed E-state index contributed by atoms with van der Waals surface area (Å²) in [6, 6.07) is 6.96. The van der Waals surface area contributed by atoms with E-state index in [1.807, 2.05) is 4.90 Å². The van der Waals surface area contributed by atoms with E-state index in [0.29, 0.717) is 36.7 Å². The molecule has 2 aromatic heterocycles. The summed E-state index contributed by atoms with van der Waals surface area (Å²) in [5.74, 6) is 0.349. The maximum Gasteiger partial charge on any atom is 0.255 e. The van der Waals surface area contributed by atoms with E-state index in [0.717, 1.165) is 12.8 Å². The predicted octanol–water partition coefficient (Wildman–Crippen LogP) is 1.76. The van der Waals surface area contributed by atoms with Gasteiger partial charge in [-0.15, -0.1) is 0 Å². The molecule has 0 atom stereocenters. The molecule has 0 aromatic carbocycles. The first-order valence-corrected chi connectivity index (χ1v) is 8.11. The van der Waals surface area contributed by atoms with Gasteiger partial charge in [0, 0.05) is 50.0 Å². The van der Waals surface area contributed by atoms with Gasteiger partial charge in [-0.1, -0.05) is 0 Å². The Bertz CT molecular complexity index is 683. The van der Waals surface area contributed by atoms with Gasteiger partial charge in [-0.05, 0) is 43.0 Å². The third kappa shape index (κ3) is 3.95. The predicted molar refractivity (Wildman–Crippen MR) is 89.4 cm³/mol. The third-order valence-electron chi connectivity index (χ3n) is 4.30. The summed E-state index contributed by atoms with van der Waals surface area (Å²) in [6.45, 7) is 2.06. The summed E-state index contributed by atoms with van der Waals surface area (Å²) in [6.07, 6.45) is 8.26. The van der Waals surface area contributed by atoms with E-state index >= 15 is 0 Å². The summed E-state index contributed by atoms with van der Waals surface area (Å²) in [4.78, 5) is 34.2. The first kappa shape index (κ1) is 16.1. The van der Waals surface area contributed by atoms with E-state index < -0.39 is 0 Å².